The number of hydrogen-bond donors (Lipinski definition) is 0. The predicted octanol–water partition coefficient (Wildman–Crippen LogP) is 3.78. The smallest absolute Gasteiger partial charge is 0.222 e. The number of hydrogen-bond acceptors (Lipinski definition) is 2. The molecule has 0 aromatic heterocycles. The lowest BCUT2D eigenvalue weighted by Gasteiger charge is -2.37. The number of amides is 1. The van der Waals surface area contributed by atoms with Gasteiger partial charge in [-0.05, 0) is 68.1 Å². The molecule has 2 saturated carbocycles. The number of aryl methyl sites for hydroxylation is 1. The molecule has 1 aliphatic heterocycles. The van der Waals surface area contributed by atoms with Gasteiger partial charge in [0, 0.05) is 38.3 Å². The van der Waals surface area contributed by atoms with Gasteiger partial charge in [0.25, 0.3) is 0 Å². The molecule has 1 heterocycles. The molecule has 0 spiro atoms. The van der Waals surface area contributed by atoms with Gasteiger partial charge < -0.3 is 9.80 Å². The Balaban J connectivity index is 1.32. The number of fused-ring (bicyclic) bond motifs is 2. The van der Waals surface area contributed by atoms with E-state index in [0.29, 0.717) is 11.8 Å². The highest BCUT2D eigenvalue weighted by Gasteiger charge is 2.40. The third kappa shape index (κ3) is 2.94. The fraction of sp³-hybridized carbons (Fsp3) is 0.667. The molecule has 2 bridgehead atoms. The van der Waals surface area contributed by atoms with Crippen LogP contribution in [-0.4, -0.2) is 37.0 Å². The number of anilines is 1. The third-order valence-electron chi connectivity index (χ3n) is 6.87. The van der Waals surface area contributed by atoms with Crippen LogP contribution in [-0.2, 0) is 4.79 Å². The fourth-order valence-electron chi connectivity index (χ4n) is 5.25. The quantitative estimate of drug-likeness (QED) is 0.844. The number of carbonyl (C=O) groups is 1. The second-order valence-electron chi connectivity index (χ2n) is 8.23. The molecule has 24 heavy (non-hydrogen) atoms. The van der Waals surface area contributed by atoms with Gasteiger partial charge in [-0.3, -0.25) is 4.79 Å². The Morgan fingerprint density at radius 1 is 1.08 bits per heavy atom. The van der Waals surface area contributed by atoms with Crippen LogP contribution in [0.1, 0.15) is 43.2 Å². The molecule has 1 amide bonds. The first kappa shape index (κ1) is 16.0. The van der Waals surface area contributed by atoms with E-state index in [9.17, 15) is 4.79 Å². The summed E-state index contributed by atoms with van der Waals surface area (Å²) in [6.45, 7) is 8.07. The molecule has 3 fully saturated rings. The molecule has 3 aliphatic rings. The second kappa shape index (κ2) is 6.42. The van der Waals surface area contributed by atoms with Gasteiger partial charge in [-0.2, -0.15) is 0 Å². The van der Waals surface area contributed by atoms with Crippen molar-refractivity contribution in [2.24, 2.45) is 17.8 Å². The number of piperazine rings is 1. The molecule has 1 aromatic rings. The lowest BCUT2D eigenvalue weighted by atomic mass is 9.86. The van der Waals surface area contributed by atoms with Crippen LogP contribution in [0.3, 0.4) is 0 Å². The number of benzene rings is 1. The molecule has 4 rings (SSSR count). The minimum absolute atomic E-state index is 0.410. The Morgan fingerprint density at radius 2 is 1.88 bits per heavy atom. The van der Waals surface area contributed by atoms with Crippen molar-refractivity contribution in [1.82, 2.24) is 4.90 Å². The van der Waals surface area contributed by atoms with E-state index in [1.165, 1.54) is 42.5 Å². The van der Waals surface area contributed by atoms with Crippen molar-refractivity contribution < 1.29 is 4.79 Å². The van der Waals surface area contributed by atoms with Crippen LogP contribution in [0.25, 0.3) is 0 Å². The zero-order valence-electron chi connectivity index (χ0n) is 15.1. The van der Waals surface area contributed by atoms with Crippen molar-refractivity contribution in [1.29, 1.82) is 0 Å². The van der Waals surface area contributed by atoms with Gasteiger partial charge in [0.15, 0.2) is 0 Å². The molecule has 3 heteroatoms. The molecule has 2 aliphatic carbocycles. The zero-order chi connectivity index (χ0) is 16.7. The lowest BCUT2D eigenvalue weighted by Crippen LogP contribution is -2.49. The molecule has 3 nitrogen and oxygen atoms in total. The van der Waals surface area contributed by atoms with Gasteiger partial charge in [-0.15, -0.1) is 0 Å². The van der Waals surface area contributed by atoms with Crippen LogP contribution < -0.4 is 4.90 Å². The minimum Gasteiger partial charge on any atom is -0.368 e. The molecule has 1 aromatic carbocycles. The first-order chi connectivity index (χ1) is 11.6. The summed E-state index contributed by atoms with van der Waals surface area (Å²) >= 11 is 0. The van der Waals surface area contributed by atoms with Crippen molar-refractivity contribution in [3.8, 4) is 0 Å². The van der Waals surface area contributed by atoms with E-state index in [2.05, 4.69) is 41.8 Å². The maximum atomic E-state index is 12.7. The minimum atomic E-state index is 0.410. The molecule has 3 unspecified atom stereocenters. The number of carbonyl (C=O) groups excluding carboxylic acids is 1. The lowest BCUT2D eigenvalue weighted by molar-refractivity contribution is -0.132. The highest BCUT2D eigenvalue weighted by Crippen LogP contribution is 2.49. The SMILES string of the molecule is Cc1cccc(N2CCN(C(=O)CC3CC4CCC3C4)CC2)c1C. The average Bonchev–Trinajstić information content (AvgIpc) is 3.20. The Kier molecular flexibility index (Phi) is 4.28. The Morgan fingerprint density at radius 3 is 2.54 bits per heavy atom. The maximum Gasteiger partial charge on any atom is 0.222 e. The zero-order valence-corrected chi connectivity index (χ0v) is 15.1. The predicted molar refractivity (Wildman–Crippen MR) is 98.3 cm³/mol. The molecule has 130 valence electrons. The molecule has 0 N–H and O–H groups in total. The van der Waals surface area contributed by atoms with Crippen molar-refractivity contribution in [2.75, 3.05) is 31.1 Å². The number of rotatable bonds is 3. The summed E-state index contributed by atoms with van der Waals surface area (Å²) in [6.07, 6.45) is 6.33. The monoisotopic (exact) mass is 326 g/mol. The standard InChI is InChI=1S/C21H30N2O/c1-15-4-3-5-20(16(15)2)22-8-10-23(11-9-22)21(24)14-19-13-17-6-7-18(19)12-17/h3-5,17-19H,6-14H2,1-2H3. The summed E-state index contributed by atoms with van der Waals surface area (Å²) in [6, 6.07) is 6.54. The van der Waals surface area contributed by atoms with Crippen molar-refractivity contribution >= 4 is 11.6 Å². The normalized spacial score (nSPS) is 29.3. The van der Waals surface area contributed by atoms with Gasteiger partial charge in [-0.25, -0.2) is 0 Å². The fourth-order valence-corrected chi connectivity index (χ4v) is 5.25. The van der Waals surface area contributed by atoms with E-state index in [1.54, 1.807) is 0 Å². The summed E-state index contributed by atoms with van der Waals surface area (Å²) in [5.41, 5.74) is 4.07. The van der Waals surface area contributed by atoms with E-state index in [1.807, 2.05) is 0 Å². The van der Waals surface area contributed by atoms with E-state index in [0.717, 1.165) is 44.4 Å². The van der Waals surface area contributed by atoms with Crippen LogP contribution in [0, 0.1) is 31.6 Å². The van der Waals surface area contributed by atoms with Crippen molar-refractivity contribution in [3.63, 3.8) is 0 Å². The van der Waals surface area contributed by atoms with Crippen LogP contribution in [0.15, 0.2) is 18.2 Å². The Hall–Kier alpha value is -1.51. The third-order valence-corrected chi connectivity index (χ3v) is 6.87. The Bertz CT molecular complexity index is 618. The average molecular weight is 326 g/mol. The van der Waals surface area contributed by atoms with E-state index in [4.69, 9.17) is 0 Å². The van der Waals surface area contributed by atoms with Gasteiger partial charge in [0.2, 0.25) is 5.91 Å². The van der Waals surface area contributed by atoms with Crippen molar-refractivity contribution in [3.05, 3.63) is 29.3 Å². The van der Waals surface area contributed by atoms with Crippen LogP contribution in [0.5, 0.6) is 0 Å². The van der Waals surface area contributed by atoms with Crippen LogP contribution in [0.4, 0.5) is 5.69 Å². The largest absolute Gasteiger partial charge is 0.368 e. The molecule has 3 atom stereocenters. The number of nitrogens with zero attached hydrogens (tertiary/aromatic N) is 2. The summed E-state index contributed by atoms with van der Waals surface area (Å²) in [5, 5.41) is 0. The summed E-state index contributed by atoms with van der Waals surface area (Å²) in [7, 11) is 0. The summed E-state index contributed by atoms with van der Waals surface area (Å²) in [4.78, 5) is 17.3. The van der Waals surface area contributed by atoms with Crippen LogP contribution >= 0.6 is 0 Å². The Labute approximate surface area is 146 Å². The summed E-state index contributed by atoms with van der Waals surface area (Å²) in [5.74, 6) is 2.89. The van der Waals surface area contributed by atoms with E-state index < -0.39 is 0 Å². The first-order valence-electron chi connectivity index (χ1n) is 9.70. The molecular formula is C21H30N2O. The van der Waals surface area contributed by atoms with Gasteiger partial charge in [0.05, 0.1) is 0 Å². The van der Waals surface area contributed by atoms with Gasteiger partial charge >= 0.3 is 0 Å². The first-order valence-corrected chi connectivity index (χ1v) is 9.70. The van der Waals surface area contributed by atoms with Gasteiger partial charge in [0.1, 0.15) is 0 Å². The summed E-state index contributed by atoms with van der Waals surface area (Å²) < 4.78 is 0. The molecule has 0 radical (unpaired) electrons. The second-order valence-corrected chi connectivity index (χ2v) is 8.23. The van der Waals surface area contributed by atoms with Gasteiger partial charge in [-0.1, -0.05) is 18.6 Å². The van der Waals surface area contributed by atoms with Crippen LogP contribution in [0.2, 0.25) is 0 Å². The maximum absolute atomic E-state index is 12.7. The topological polar surface area (TPSA) is 23.6 Å². The van der Waals surface area contributed by atoms with E-state index >= 15 is 0 Å². The highest BCUT2D eigenvalue weighted by atomic mass is 16.2. The molecular weight excluding hydrogens is 296 g/mol. The molecule has 1 saturated heterocycles. The van der Waals surface area contributed by atoms with Crippen molar-refractivity contribution in [2.45, 2.75) is 46.0 Å². The van der Waals surface area contributed by atoms with E-state index in [-0.39, 0.29) is 0 Å². The highest BCUT2D eigenvalue weighted by molar-refractivity contribution is 5.77.